The van der Waals surface area contributed by atoms with Gasteiger partial charge in [0, 0.05) is 6.26 Å². The van der Waals surface area contributed by atoms with E-state index in [4.69, 9.17) is 0 Å². The minimum Gasteiger partial charge on any atom is -0.391 e. The standard InChI is InChI=1S/C11H21NO4S/c1-11(2,17(3,15)16)10(14)12-8-6-4-5-7-9(8)13/h8-9,13H,4-7H2,1-3H3,(H,12,14)/t8-,9-/m0/s1. The molecule has 1 fully saturated rings. The molecule has 1 aliphatic carbocycles. The van der Waals surface area contributed by atoms with Gasteiger partial charge in [-0.3, -0.25) is 4.79 Å². The van der Waals surface area contributed by atoms with Crippen LogP contribution in [0.3, 0.4) is 0 Å². The number of rotatable bonds is 3. The van der Waals surface area contributed by atoms with Crippen molar-refractivity contribution in [3.05, 3.63) is 0 Å². The minimum atomic E-state index is -3.46. The maximum atomic E-state index is 11.9. The van der Waals surface area contributed by atoms with E-state index in [2.05, 4.69) is 5.32 Å². The average molecular weight is 263 g/mol. The Bertz CT molecular complexity index is 388. The molecular formula is C11H21NO4S. The van der Waals surface area contributed by atoms with Gasteiger partial charge in [0.1, 0.15) is 4.75 Å². The number of hydrogen-bond donors (Lipinski definition) is 2. The van der Waals surface area contributed by atoms with Crippen LogP contribution in [-0.4, -0.2) is 42.6 Å². The Balaban J connectivity index is 2.72. The van der Waals surface area contributed by atoms with Crippen molar-refractivity contribution in [2.75, 3.05) is 6.26 Å². The van der Waals surface area contributed by atoms with Crippen LogP contribution in [0, 0.1) is 0 Å². The summed E-state index contributed by atoms with van der Waals surface area (Å²) in [5.74, 6) is -0.536. The summed E-state index contributed by atoms with van der Waals surface area (Å²) in [4.78, 5) is 11.9. The third-order valence-corrected chi connectivity index (χ3v) is 5.56. The number of carbonyl (C=O) groups excluding carboxylic acids is 1. The first kappa shape index (κ1) is 14.4. The largest absolute Gasteiger partial charge is 0.391 e. The summed E-state index contributed by atoms with van der Waals surface area (Å²) >= 11 is 0. The fourth-order valence-electron chi connectivity index (χ4n) is 1.79. The molecule has 1 amide bonds. The van der Waals surface area contributed by atoms with Gasteiger partial charge in [0.25, 0.3) is 0 Å². The van der Waals surface area contributed by atoms with E-state index in [0.717, 1.165) is 19.1 Å². The van der Waals surface area contributed by atoms with Crippen LogP contribution in [0.1, 0.15) is 39.5 Å². The van der Waals surface area contributed by atoms with Crippen LogP contribution in [-0.2, 0) is 14.6 Å². The maximum absolute atomic E-state index is 11.9. The van der Waals surface area contributed by atoms with E-state index >= 15 is 0 Å². The number of hydrogen-bond acceptors (Lipinski definition) is 4. The molecule has 0 heterocycles. The molecule has 0 aliphatic heterocycles. The molecule has 17 heavy (non-hydrogen) atoms. The predicted molar refractivity (Wildman–Crippen MR) is 65.3 cm³/mol. The normalized spacial score (nSPS) is 26.6. The Hall–Kier alpha value is -0.620. The molecule has 1 aliphatic rings. The smallest absolute Gasteiger partial charge is 0.241 e. The summed E-state index contributed by atoms with van der Waals surface area (Å²) < 4.78 is 21.5. The molecule has 100 valence electrons. The average Bonchev–Trinajstić information content (AvgIpc) is 2.19. The molecule has 2 atom stereocenters. The molecule has 1 rings (SSSR count). The van der Waals surface area contributed by atoms with E-state index in [0.29, 0.717) is 12.8 Å². The van der Waals surface area contributed by atoms with Gasteiger partial charge in [-0.15, -0.1) is 0 Å². The molecule has 0 aromatic heterocycles. The fraction of sp³-hybridized carbons (Fsp3) is 0.909. The third-order valence-electron chi connectivity index (χ3n) is 3.52. The summed E-state index contributed by atoms with van der Waals surface area (Å²) in [6, 6.07) is -0.322. The van der Waals surface area contributed by atoms with Crippen LogP contribution >= 0.6 is 0 Å². The number of aliphatic hydroxyl groups is 1. The van der Waals surface area contributed by atoms with Gasteiger partial charge >= 0.3 is 0 Å². The zero-order chi connectivity index (χ0) is 13.3. The van der Waals surface area contributed by atoms with Gasteiger partial charge in [0.2, 0.25) is 5.91 Å². The van der Waals surface area contributed by atoms with Crippen molar-refractivity contribution in [1.82, 2.24) is 5.32 Å². The van der Waals surface area contributed by atoms with Crippen molar-refractivity contribution < 1.29 is 18.3 Å². The topological polar surface area (TPSA) is 83.5 Å². The lowest BCUT2D eigenvalue weighted by atomic mass is 9.92. The number of amides is 1. The quantitative estimate of drug-likeness (QED) is 0.763. The highest BCUT2D eigenvalue weighted by molar-refractivity contribution is 7.92. The van der Waals surface area contributed by atoms with Crippen LogP contribution in [0.4, 0.5) is 0 Å². The van der Waals surface area contributed by atoms with Gasteiger partial charge in [-0.1, -0.05) is 12.8 Å². The summed E-state index contributed by atoms with van der Waals surface area (Å²) in [6.07, 6.45) is 3.73. The molecule has 0 aromatic carbocycles. The molecule has 2 N–H and O–H groups in total. The van der Waals surface area contributed by atoms with Crippen LogP contribution in [0.5, 0.6) is 0 Å². The van der Waals surface area contributed by atoms with E-state index in [1.165, 1.54) is 13.8 Å². The lowest BCUT2D eigenvalue weighted by Crippen LogP contribution is -2.54. The Morgan fingerprint density at radius 3 is 2.29 bits per heavy atom. The van der Waals surface area contributed by atoms with E-state index in [1.54, 1.807) is 0 Å². The number of carbonyl (C=O) groups is 1. The third kappa shape index (κ3) is 3.19. The number of sulfone groups is 1. The lowest BCUT2D eigenvalue weighted by Gasteiger charge is -2.31. The Morgan fingerprint density at radius 1 is 1.29 bits per heavy atom. The van der Waals surface area contributed by atoms with Crippen LogP contribution in [0.25, 0.3) is 0 Å². The van der Waals surface area contributed by atoms with Crippen LogP contribution in [0.15, 0.2) is 0 Å². The summed E-state index contributed by atoms with van der Waals surface area (Å²) in [5, 5.41) is 12.4. The second kappa shape index (κ2) is 4.94. The van der Waals surface area contributed by atoms with Gasteiger partial charge in [0.15, 0.2) is 9.84 Å². The number of nitrogens with one attached hydrogen (secondary N) is 1. The molecule has 0 saturated heterocycles. The lowest BCUT2D eigenvalue weighted by molar-refractivity contribution is -0.124. The summed E-state index contributed by atoms with van der Waals surface area (Å²) in [7, 11) is -3.46. The zero-order valence-electron chi connectivity index (χ0n) is 10.6. The molecule has 5 nitrogen and oxygen atoms in total. The molecule has 0 aromatic rings. The van der Waals surface area contributed by atoms with Gasteiger partial charge in [0.05, 0.1) is 12.1 Å². The highest BCUT2D eigenvalue weighted by Crippen LogP contribution is 2.21. The van der Waals surface area contributed by atoms with Gasteiger partial charge < -0.3 is 10.4 Å². The highest BCUT2D eigenvalue weighted by atomic mass is 32.2. The van der Waals surface area contributed by atoms with E-state index in [-0.39, 0.29) is 6.04 Å². The molecule has 0 radical (unpaired) electrons. The van der Waals surface area contributed by atoms with Crippen LogP contribution < -0.4 is 5.32 Å². The van der Waals surface area contributed by atoms with Crippen molar-refractivity contribution in [3.8, 4) is 0 Å². The van der Waals surface area contributed by atoms with E-state index in [9.17, 15) is 18.3 Å². The van der Waals surface area contributed by atoms with E-state index in [1.807, 2.05) is 0 Å². The number of aliphatic hydroxyl groups excluding tert-OH is 1. The van der Waals surface area contributed by atoms with Crippen molar-refractivity contribution >= 4 is 15.7 Å². The van der Waals surface area contributed by atoms with Crippen molar-refractivity contribution in [1.29, 1.82) is 0 Å². The molecule has 6 heteroatoms. The fourth-order valence-corrected chi connectivity index (χ4v) is 2.19. The van der Waals surface area contributed by atoms with E-state index < -0.39 is 26.6 Å². The van der Waals surface area contributed by atoms with Crippen molar-refractivity contribution in [2.24, 2.45) is 0 Å². The molecule has 1 saturated carbocycles. The Kier molecular flexibility index (Phi) is 4.19. The molecule has 0 bridgehead atoms. The Morgan fingerprint density at radius 2 is 1.82 bits per heavy atom. The summed E-state index contributed by atoms with van der Waals surface area (Å²) in [5.41, 5.74) is 0. The van der Waals surface area contributed by atoms with Gasteiger partial charge in [-0.25, -0.2) is 8.42 Å². The zero-order valence-corrected chi connectivity index (χ0v) is 11.4. The van der Waals surface area contributed by atoms with Crippen LogP contribution in [0.2, 0.25) is 0 Å². The molecular weight excluding hydrogens is 242 g/mol. The van der Waals surface area contributed by atoms with Crippen molar-refractivity contribution in [2.45, 2.75) is 56.4 Å². The predicted octanol–water partition coefficient (Wildman–Crippen LogP) is 0.229. The maximum Gasteiger partial charge on any atom is 0.241 e. The first-order valence-corrected chi connectivity index (χ1v) is 7.74. The Labute approximate surface area is 103 Å². The van der Waals surface area contributed by atoms with Crippen molar-refractivity contribution in [3.63, 3.8) is 0 Å². The highest BCUT2D eigenvalue weighted by Gasteiger charge is 2.40. The second-order valence-electron chi connectivity index (χ2n) is 5.21. The molecule has 0 spiro atoms. The van der Waals surface area contributed by atoms with Gasteiger partial charge in [-0.2, -0.15) is 0 Å². The second-order valence-corrected chi connectivity index (χ2v) is 7.78. The SMILES string of the molecule is CC(C)(C(=O)N[C@H]1CCCC[C@@H]1O)S(C)(=O)=O. The molecule has 0 unspecified atom stereocenters. The summed E-state index contributed by atoms with van der Waals surface area (Å²) in [6.45, 7) is 2.76. The monoisotopic (exact) mass is 263 g/mol. The first-order valence-electron chi connectivity index (χ1n) is 5.85. The first-order chi connectivity index (χ1) is 7.66. The minimum absolute atomic E-state index is 0.322. The van der Waals surface area contributed by atoms with Gasteiger partial charge in [-0.05, 0) is 26.7 Å².